The summed E-state index contributed by atoms with van der Waals surface area (Å²) >= 11 is 0.798. The van der Waals surface area contributed by atoms with Crippen molar-refractivity contribution >= 4 is 32.2 Å². The molecule has 0 aliphatic carbocycles. The van der Waals surface area contributed by atoms with Gasteiger partial charge < -0.3 is 10.5 Å². The molecule has 0 amide bonds. The summed E-state index contributed by atoms with van der Waals surface area (Å²) < 4.78 is 31.0. The summed E-state index contributed by atoms with van der Waals surface area (Å²) in [6.07, 6.45) is 0. The van der Waals surface area contributed by atoms with E-state index in [4.69, 9.17) is 10.5 Å². The van der Waals surface area contributed by atoms with Gasteiger partial charge in [-0.25, -0.2) is 0 Å². The van der Waals surface area contributed by atoms with Crippen molar-refractivity contribution in [1.29, 1.82) is 0 Å². The average Bonchev–Trinajstić information content (AvgIpc) is 2.76. The molecule has 0 atom stereocenters. The van der Waals surface area contributed by atoms with Gasteiger partial charge in [-0.2, -0.15) is 8.42 Å². The number of nitrogens with one attached hydrogen (secondary N) is 1. The van der Waals surface area contributed by atoms with E-state index < -0.39 is 10.0 Å². The highest BCUT2D eigenvalue weighted by molar-refractivity contribution is 7.94. The summed E-state index contributed by atoms with van der Waals surface area (Å²) in [6, 6.07) is 6.54. The number of methoxy groups -OCH3 is 1. The first-order valence-corrected chi connectivity index (χ1v) is 7.07. The van der Waals surface area contributed by atoms with Gasteiger partial charge in [-0.1, -0.05) is 17.4 Å². The molecule has 7 nitrogen and oxygen atoms in total. The summed E-state index contributed by atoms with van der Waals surface area (Å²) in [5.74, 6) is 0.548. The molecule has 96 valence electrons. The molecule has 0 spiro atoms. The average molecular weight is 286 g/mol. The van der Waals surface area contributed by atoms with Crippen LogP contribution in [0.4, 0.5) is 10.8 Å². The fraction of sp³-hybridized carbons (Fsp3) is 0.111. The molecule has 0 unspecified atom stereocenters. The zero-order chi connectivity index (χ0) is 13.2. The van der Waals surface area contributed by atoms with Gasteiger partial charge in [-0.05, 0) is 12.1 Å². The Morgan fingerprint density at radius 2 is 2.17 bits per heavy atom. The van der Waals surface area contributed by atoms with Crippen molar-refractivity contribution in [1.82, 2.24) is 10.2 Å². The minimum atomic E-state index is -3.76. The van der Waals surface area contributed by atoms with E-state index in [-0.39, 0.29) is 9.47 Å². The van der Waals surface area contributed by atoms with E-state index in [1.165, 1.54) is 7.11 Å². The smallest absolute Gasteiger partial charge is 0.291 e. The van der Waals surface area contributed by atoms with Crippen molar-refractivity contribution in [2.75, 3.05) is 17.6 Å². The molecule has 2 rings (SSSR count). The SMILES string of the molecule is COc1cccc(NS(=O)(=O)c2nnc(N)s2)c1. The van der Waals surface area contributed by atoms with Crippen LogP contribution >= 0.6 is 11.3 Å². The maximum Gasteiger partial charge on any atom is 0.291 e. The lowest BCUT2D eigenvalue weighted by Gasteiger charge is -2.06. The topological polar surface area (TPSA) is 107 Å². The molecule has 0 aliphatic rings. The minimum Gasteiger partial charge on any atom is -0.497 e. The van der Waals surface area contributed by atoms with E-state index in [9.17, 15) is 8.42 Å². The molecular weight excluding hydrogens is 276 g/mol. The molecule has 0 fully saturated rings. The van der Waals surface area contributed by atoms with Crippen molar-refractivity contribution < 1.29 is 13.2 Å². The van der Waals surface area contributed by atoms with Gasteiger partial charge in [0.2, 0.25) is 5.13 Å². The van der Waals surface area contributed by atoms with Crippen LogP contribution in [0.5, 0.6) is 5.75 Å². The Bertz CT molecular complexity index is 653. The molecule has 1 aromatic carbocycles. The van der Waals surface area contributed by atoms with Crippen LogP contribution in [0.2, 0.25) is 0 Å². The largest absolute Gasteiger partial charge is 0.497 e. The molecule has 18 heavy (non-hydrogen) atoms. The Hall–Kier alpha value is -1.87. The van der Waals surface area contributed by atoms with Gasteiger partial charge in [0.15, 0.2) is 0 Å². The van der Waals surface area contributed by atoms with Gasteiger partial charge >= 0.3 is 0 Å². The maximum absolute atomic E-state index is 11.9. The van der Waals surface area contributed by atoms with Crippen LogP contribution < -0.4 is 15.2 Å². The minimum absolute atomic E-state index is 0.0982. The van der Waals surface area contributed by atoms with E-state index in [0.717, 1.165) is 11.3 Å². The fourth-order valence-electron chi connectivity index (χ4n) is 1.21. The summed E-state index contributed by atoms with van der Waals surface area (Å²) in [5.41, 5.74) is 5.72. The van der Waals surface area contributed by atoms with Crippen molar-refractivity contribution in [2.45, 2.75) is 4.34 Å². The third kappa shape index (κ3) is 2.68. The molecule has 9 heteroatoms. The Kier molecular flexibility index (Phi) is 3.34. The number of ether oxygens (including phenoxy) is 1. The highest BCUT2D eigenvalue weighted by Gasteiger charge is 2.19. The number of benzene rings is 1. The third-order valence-corrected chi connectivity index (χ3v) is 4.48. The van der Waals surface area contributed by atoms with Gasteiger partial charge in [0.1, 0.15) is 5.75 Å². The summed E-state index contributed by atoms with van der Waals surface area (Å²) in [7, 11) is -2.26. The number of aromatic nitrogens is 2. The van der Waals surface area contributed by atoms with Crippen LogP contribution in [0.25, 0.3) is 0 Å². The van der Waals surface area contributed by atoms with E-state index in [2.05, 4.69) is 14.9 Å². The van der Waals surface area contributed by atoms with E-state index >= 15 is 0 Å². The van der Waals surface area contributed by atoms with E-state index in [1.807, 2.05) is 0 Å². The van der Waals surface area contributed by atoms with Crippen molar-refractivity contribution in [2.24, 2.45) is 0 Å². The van der Waals surface area contributed by atoms with Crippen LogP contribution in [0.1, 0.15) is 0 Å². The monoisotopic (exact) mass is 286 g/mol. The second-order valence-electron chi connectivity index (χ2n) is 3.24. The van der Waals surface area contributed by atoms with Gasteiger partial charge in [0.05, 0.1) is 12.8 Å². The first-order chi connectivity index (χ1) is 8.51. The number of rotatable bonds is 4. The summed E-state index contributed by atoms with van der Waals surface area (Å²) in [5, 5.41) is 7.05. The zero-order valence-electron chi connectivity index (χ0n) is 9.32. The molecule has 2 aromatic rings. The summed E-state index contributed by atoms with van der Waals surface area (Å²) in [4.78, 5) is 0. The lowest BCUT2D eigenvalue weighted by atomic mass is 10.3. The van der Waals surface area contributed by atoms with Crippen LogP contribution in [0, 0.1) is 0 Å². The molecule has 0 saturated heterocycles. The number of nitrogens with zero attached hydrogens (tertiary/aromatic N) is 2. The Balaban J connectivity index is 2.27. The summed E-state index contributed by atoms with van der Waals surface area (Å²) in [6.45, 7) is 0. The molecular formula is C9H10N4O3S2. The predicted octanol–water partition coefficient (Wildman–Crippen LogP) is 0.930. The lowest BCUT2D eigenvalue weighted by molar-refractivity contribution is 0.415. The van der Waals surface area contributed by atoms with Crippen LogP contribution in [-0.4, -0.2) is 25.7 Å². The van der Waals surface area contributed by atoms with Gasteiger partial charge in [-0.3, -0.25) is 4.72 Å². The Morgan fingerprint density at radius 1 is 1.39 bits per heavy atom. The molecule has 0 aliphatic heterocycles. The van der Waals surface area contributed by atoms with Crippen molar-refractivity contribution in [3.05, 3.63) is 24.3 Å². The quantitative estimate of drug-likeness (QED) is 0.865. The lowest BCUT2D eigenvalue weighted by Crippen LogP contribution is -2.12. The Morgan fingerprint density at radius 3 is 2.78 bits per heavy atom. The normalized spacial score (nSPS) is 11.2. The highest BCUT2D eigenvalue weighted by atomic mass is 32.2. The number of hydrogen-bond donors (Lipinski definition) is 2. The van der Waals surface area contributed by atoms with E-state index in [1.54, 1.807) is 24.3 Å². The molecule has 0 saturated carbocycles. The standard InChI is InChI=1S/C9H10N4O3S2/c1-16-7-4-2-3-6(5-7)13-18(14,15)9-12-11-8(10)17-9/h2-5,13H,1H3,(H2,10,11). The maximum atomic E-state index is 11.9. The number of anilines is 2. The first kappa shape index (κ1) is 12.6. The highest BCUT2D eigenvalue weighted by Crippen LogP contribution is 2.22. The van der Waals surface area contributed by atoms with Gasteiger partial charge in [-0.15, -0.1) is 10.2 Å². The molecule has 3 N–H and O–H groups in total. The van der Waals surface area contributed by atoms with Gasteiger partial charge in [0.25, 0.3) is 14.4 Å². The molecule has 0 radical (unpaired) electrons. The van der Waals surface area contributed by atoms with E-state index in [0.29, 0.717) is 11.4 Å². The van der Waals surface area contributed by atoms with Crippen LogP contribution in [0.3, 0.4) is 0 Å². The molecule has 1 aromatic heterocycles. The number of nitrogen functional groups attached to an aromatic ring is 1. The van der Waals surface area contributed by atoms with Crippen LogP contribution in [-0.2, 0) is 10.0 Å². The van der Waals surface area contributed by atoms with Gasteiger partial charge in [0, 0.05) is 6.07 Å². The second-order valence-corrected chi connectivity index (χ2v) is 6.11. The molecule has 0 bridgehead atoms. The number of nitrogens with two attached hydrogens (primary N) is 1. The van der Waals surface area contributed by atoms with Crippen LogP contribution in [0.15, 0.2) is 28.6 Å². The predicted molar refractivity (Wildman–Crippen MR) is 68.1 cm³/mol. The number of sulfonamides is 1. The molecule has 1 heterocycles. The van der Waals surface area contributed by atoms with Crippen molar-refractivity contribution in [3.8, 4) is 5.75 Å². The van der Waals surface area contributed by atoms with Crippen molar-refractivity contribution in [3.63, 3.8) is 0 Å². The first-order valence-electron chi connectivity index (χ1n) is 4.77. The fourth-order valence-corrected chi connectivity index (χ4v) is 3.05. The zero-order valence-corrected chi connectivity index (χ0v) is 11.0. The Labute approximate surface area is 108 Å². The number of hydrogen-bond acceptors (Lipinski definition) is 7. The third-order valence-electron chi connectivity index (χ3n) is 1.97. The second kappa shape index (κ2) is 4.78.